The molecule has 0 bridgehead atoms. The fraction of sp³-hybridized carbons (Fsp3) is 0.636. The molecular formula is C11H15ClN2O2S. The molecule has 0 radical (unpaired) electrons. The molecule has 2 rings (SSSR count). The highest BCUT2D eigenvalue weighted by atomic mass is 35.5. The highest BCUT2D eigenvalue weighted by Gasteiger charge is 2.35. The number of thiazole rings is 1. The summed E-state index contributed by atoms with van der Waals surface area (Å²) in [6.07, 6.45) is -0.108. The molecule has 1 aromatic rings. The van der Waals surface area contributed by atoms with Crippen LogP contribution in [0.25, 0.3) is 0 Å². The number of hydrogen-bond donors (Lipinski definition) is 0. The summed E-state index contributed by atoms with van der Waals surface area (Å²) in [5.41, 5.74) is 1.81. The molecule has 4 nitrogen and oxygen atoms in total. The van der Waals surface area contributed by atoms with Crippen LogP contribution in [0, 0.1) is 0 Å². The van der Waals surface area contributed by atoms with E-state index in [0.29, 0.717) is 24.7 Å². The number of alkyl halides is 1. The number of aromatic nitrogens is 1. The van der Waals surface area contributed by atoms with Crippen LogP contribution in [0.5, 0.6) is 0 Å². The third-order valence-corrected chi connectivity index (χ3v) is 3.52. The van der Waals surface area contributed by atoms with E-state index in [-0.39, 0.29) is 17.6 Å². The maximum Gasteiger partial charge on any atom is 0.273 e. The largest absolute Gasteiger partial charge is 0.367 e. The lowest BCUT2D eigenvalue weighted by atomic mass is 10.1. The van der Waals surface area contributed by atoms with Crippen molar-refractivity contribution in [3.63, 3.8) is 0 Å². The minimum Gasteiger partial charge on any atom is -0.367 e. The lowest BCUT2D eigenvalue weighted by molar-refractivity contribution is -0.117. The van der Waals surface area contributed by atoms with Gasteiger partial charge in [0, 0.05) is 18.5 Å². The second-order valence-electron chi connectivity index (χ2n) is 4.71. The number of halogens is 1. The van der Waals surface area contributed by atoms with E-state index in [9.17, 15) is 4.79 Å². The minimum absolute atomic E-state index is 0.0438. The van der Waals surface area contributed by atoms with Gasteiger partial charge >= 0.3 is 0 Å². The van der Waals surface area contributed by atoms with Gasteiger partial charge in [-0.2, -0.15) is 0 Å². The highest BCUT2D eigenvalue weighted by Crippen LogP contribution is 2.23. The number of carbonyl (C=O) groups is 1. The Hall–Kier alpha value is -0.650. The first kappa shape index (κ1) is 12.8. The molecule has 6 heteroatoms. The van der Waals surface area contributed by atoms with Gasteiger partial charge in [0.15, 0.2) is 0 Å². The van der Waals surface area contributed by atoms with E-state index in [4.69, 9.17) is 16.3 Å². The number of ether oxygens (including phenoxy) is 1. The first-order valence-corrected chi connectivity index (χ1v) is 6.91. The average Bonchev–Trinajstić information content (AvgIpc) is 2.79. The molecule has 1 fully saturated rings. The van der Waals surface area contributed by atoms with Crippen LogP contribution in [-0.4, -0.2) is 46.5 Å². The molecule has 2 heterocycles. The molecule has 1 amide bonds. The number of rotatable bonds is 2. The molecular weight excluding hydrogens is 260 g/mol. The fourth-order valence-electron chi connectivity index (χ4n) is 2.01. The van der Waals surface area contributed by atoms with Gasteiger partial charge in [-0.05, 0) is 13.8 Å². The van der Waals surface area contributed by atoms with Crippen molar-refractivity contribution in [3.05, 3.63) is 16.6 Å². The molecule has 1 saturated heterocycles. The normalized spacial score (nSPS) is 23.7. The minimum atomic E-state index is -0.358. The molecule has 1 aliphatic heterocycles. The maximum atomic E-state index is 12.2. The van der Waals surface area contributed by atoms with Crippen molar-refractivity contribution in [1.29, 1.82) is 0 Å². The van der Waals surface area contributed by atoms with Crippen molar-refractivity contribution in [2.75, 3.05) is 19.0 Å². The van der Waals surface area contributed by atoms with Crippen LogP contribution in [0.2, 0.25) is 0 Å². The van der Waals surface area contributed by atoms with Crippen LogP contribution in [0.15, 0.2) is 10.9 Å². The summed E-state index contributed by atoms with van der Waals surface area (Å²) < 4.78 is 5.78. The molecule has 1 aliphatic rings. The van der Waals surface area contributed by atoms with Crippen LogP contribution in [-0.2, 0) is 4.74 Å². The number of nitrogens with zero attached hydrogens (tertiary/aromatic N) is 2. The van der Waals surface area contributed by atoms with E-state index in [1.165, 1.54) is 11.3 Å². The SMILES string of the molecule is CC1(C)CN(C(=O)c2cscn2)CC(CCl)O1. The lowest BCUT2D eigenvalue weighted by Gasteiger charge is -2.42. The van der Waals surface area contributed by atoms with Crippen molar-refractivity contribution in [3.8, 4) is 0 Å². The monoisotopic (exact) mass is 274 g/mol. The Morgan fingerprint density at radius 1 is 1.76 bits per heavy atom. The molecule has 1 aromatic heterocycles. The molecule has 0 aromatic carbocycles. The Morgan fingerprint density at radius 2 is 2.53 bits per heavy atom. The zero-order chi connectivity index (χ0) is 12.5. The van der Waals surface area contributed by atoms with Gasteiger partial charge in [0.05, 0.1) is 23.1 Å². The van der Waals surface area contributed by atoms with Gasteiger partial charge in [0.25, 0.3) is 5.91 Å². The second kappa shape index (κ2) is 4.92. The Kier molecular flexibility index (Phi) is 3.70. The maximum absolute atomic E-state index is 12.2. The Labute approximate surface area is 110 Å². The Bertz CT molecular complexity index is 394. The number of carbonyl (C=O) groups excluding carboxylic acids is 1. The number of amides is 1. The van der Waals surface area contributed by atoms with Crippen LogP contribution >= 0.6 is 22.9 Å². The summed E-state index contributed by atoms with van der Waals surface area (Å²) in [6, 6.07) is 0. The van der Waals surface area contributed by atoms with Crippen molar-refractivity contribution in [2.45, 2.75) is 25.6 Å². The summed E-state index contributed by atoms with van der Waals surface area (Å²) in [7, 11) is 0. The molecule has 17 heavy (non-hydrogen) atoms. The van der Waals surface area contributed by atoms with E-state index in [1.807, 2.05) is 13.8 Å². The molecule has 0 aliphatic carbocycles. The summed E-state index contributed by atoms with van der Waals surface area (Å²) in [5, 5.41) is 1.76. The van der Waals surface area contributed by atoms with Crippen molar-refractivity contribution in [1.82, 2.24) is 9.88 Å². The molecule has 1 unspecified atom stereocenters. The van der Waals surface area contributed by atoms with E-state index < -0.39 is 0 Å². The standard InChI is InChI=1S/C11H15ClN2O2S/c1-11(2)6-14(4-8(3-12)16-11)10(15)9-5-17-7-13-9/h5,7-8H,3-4,6H2,1-2H3. The molecule has 0 saturated carbocycles. The average molecular weight is 275 g/mol. The summed E-state index contributed by atoms with van der Waals surface area (Å²) in [5.74, 6) is 0.349. The highest BCUT2D eigenvalue weighted by molar-refractivity contribution is 7.07. The van der Waals surface area contributed by atoms with E-state index >= 15 is 0 Å². The van der Waals surface area contributed by atoms with Crippen LogP contribution in [0.1, 0.15) is 24.3 Å². The van der Waals surface area contributed by atoms with Gasteiger partial charge in [0.1, 0.15) is 5.69 Å². The lowest BCUT2D eigenvalue weighted by Crippen LogP contribution is -2.55. The van der Waals surface area contributed by atoms with Gasteiger partial charge in [-0.25, -0.2) is 4.98 Å². The number of morpholine rings is 1. The van der Waals surface area contributed by atoms with E-state index in [1.54, 1.807) is 15.8 Å². The van der Waals surface area contributed by atoms with Gasteiger partial charge < -0.3 is 9.64 Å². The van der Waals surface area contributed by atoms with E-state index in [2.05, 4.69) is 4.98 Å². The van der Waals surface area contributed by atoms with Gasteiger partial charge in [0.2, 0.25) is 0 Å². The van der Waals surface area contributed by atoms with E-state index in [0.717, 1.165) is 0 Å². The quantitative estimate of drug-likeness (QED) is 0.775. The van der Waals surface area contributed by atoms with Crippen LogP contribution < -0.4 is 0 Å². The Balaban J connectivity index is 2.12. The zero-order valence-electron chi connectivity index (χ0n) is 9.85. The van der Waals surface area contributed by atoms with Crippen molar-refractivity contribution in [2.24, 2.45) is 0 Å². The predicted octanol–water partition coefficient (Wildman–Crippen LogP) is 2.00. The van der Waals surface area contributed by atoms with Gasteiger partial charge in [-0.1, -0.05) is 0 Å². The zero-order valence-corrected chi connectivity index (χ0v) is 11.4. The first-order chi connectivity index (χ1) is 8.02. The number of hydrogen-bond acceptors (Lipinski definition) is 4. The molecule has 1 atom stereocenters. The molecule has 0 spiro atoms. The third kappa shape index (κ3) is 2.97. The summed E-state index contributed by atoms with van der Waals surface area (Å²) in [4.78, 5) is 18.0. The van der Waals surface area contributed by atoms with Crippen molar-refractivity contribution >= 4 is 28.8 Å². The summed E-state index contributed by atoms with van der Waals surface area (Å²) in [6.45, 7) is 5.03. The third-order valence-electron chi connectivity index (χ3n) is 2.59. The molecule has 0 N–H and O–H groups in total. The van der Waals surface area contributed by atoms with Gasteiger partial charge in [-0.15, -0.1) is 22.9 Å². The first-order valence-electron chi connectivity index (χ1n) is 5.43. The van der Waals surface area contributed by atoms with Crippen LogP contribution in [0.4, 0.5) is 0 Å². The van der Waals surface area contributed by atoms with Crippen molar-refractivity contribution < 1.29 is 9.53 Å². The van der Waals surface area contributed by atoms with Crippen LogP contribution in [0.3, 0.4) is 0 Å². The molecule has 94 valence electrons. The topological polar surface area (TPSA) is 42.4 Å². The predicted molar refractivity (Wildman–Crippen MR) is 67.7 cm³/mol. The van der Waals surface area contributed by atoms with Gasteiger partial charge in [-0.3, -0.25) is 4.79 Å². The fourth-order valence-corrected chi connectivity index (χ4v) is 2.70. The second-order valence-corrected chi connectivity index (χ2v) is 5.74. The Morgan fingerprint density at radius 3 is 3.12 bits per heavy atom. The summed E-state index contributed by atoms with van der Waals surface area (Å²) >= 11 is 7.25. The smallest absolute Gasteiger partial charge is 0.273 e.